The Morgan fingerprint density at radius 1 is 1.53 bits per heavy atom. The Hall–Kier alpha value is -1.10. The maximum absolute atomic E-state index is 11.5. The molecule has 1 heterocycles. The van der Waals surface area contributed by atoms with Gasteiger partial charge in [-0.15, -0.1) is 0 Å². The molecule has 86 valence electrons. The van der Waals surface area contributed by atoms with Crippen LogP contribution in [-0.4, -0.2) is 46.6 Å². The first kappa shape index (κ1) is 12.0. The first-order valence-electron chi connectivity index (χ1n) is 5.27. The number of hydrazine groups is 1. The predicted molar refractivity (Wildman–Crippen MR) is 55.0 cm³/mol. The highest BCUT2D eigenvalue weighted by atomic mass is 16.4. The molecule has 5 heteroatoms. The predicted octanol–water partition coefficient (Wildman–Crippen LogP) is 0.566. The molecule has 0 aromatic rings. The molecule has 1 saturated heterocycles. The van der Waals surface area contributed by atoms with Gasteiger partial charge < -0.3 is 5.11 Å². The number of hydrogen-bond acceptors (Lipinski definition) is 3. The van der Waals surface area contributed by atoms with E-state index in [1.165, 1.54) is 0 Å². The fourth-order valence-corrected chi connectivity index (χ4v) is 1.71. The van der Waals surface area contributed by atoms with Gasteiger partial charge in [0.2, 0.25) is 5.91 Å². The van der Waals surface area contributed by atoms with E-state index in [2.05, 4.69) is 13.8 Å². The molecule has 0 radical (unpaired) electrons. The van der Waals surface area contributed by atoms with Crippen LogP contribution in [-0.2, 0) is 9.59 Å². The molecule has 0 aromatic carbocycles. The molecule has 1 aliphatic heterocycles. The zero-order valence-corrected chi connectivity index (χ0v) is 9.27. The number of nitrogens with zero attached hydrogens (tertiary/aromatic N) is 2. The monoisotopic (exact) mass is 214 g/mol. The molecule has 1 aliphatic rings. The fraction of sp³-hybridized carbons (Fsp3) is 0.800. The number of aliphatic carboxylic acids is 1. The molecule has 1 fully saturated rings. The Morgan fingerprint density at radius 3 is 2.73 bits per heavy atom. The summed E-state index contributed by atoms with van der Waals surface area (Å²) in [6.45, 7) is 5.99. The minimum Gasteiger partial charge on any atom is -0.481 e. The zero-order valence-electron chi connectivity index (χ0n) is 9.27. The van der Waals surface area contributed by atoms with Crippen LogP contribution in [0.2, 0.25) is 0 Å². The van der Waals surface area contributed by atoms with Crippen molar-refractivity contribution < 1.29 is 14.7 Å². The molecular formula is C10H18N2O3. The fourth-order valence-electron chi connectivity index (χ4n) is 1.71. The summed E-state index contributed by atoms with van der Waals surface area (Å²) in [6, 6.07) is 0. The first-order chi connectivity index (χ1) is 7.00. The van der Waals surface area contributed by atoms with Crippen molar-refractivity contribution in [2.75, 3.05) is 19.6 Å². The van der Waals surface area contributed by atoms with Crippen LogP contribution >= 0.6 is 0 Å². The van der Waals surface area contributed by atoms with Crippen molar-refractivity contribution in [1.82, 2.24) is 10.0 Å². The Kier molecular flexibility index (Phi) is 4.08. The molecule has 0 spiro atoms. The number of carbonyl (C=O) groups is 2. The number of amides is 1. The van der Waals surface area contributed by atoms with E-state index in [4.69, 9.17) is 5.11 Å². The lowest BCUT2D eigenvalue weighted by Gasteiger charge is -2.28. The number of carboxylic acids is 1. The summed E-state index contributed by atoms with van der Waals surface area (Å²) in [7, 11) is 0. The van der Waals surface area contributed by atoms with Crippen molar-refractivity contribution in [3.8, 4) is 0 Å². The van der Waals surface area contributed by atoms with Gasteiger partial charge in [-0.3, -0.25) is 14.6 Å². The lowest BCUT2D eigenvalue weighted by atomic mass is 10.2. The lowest BCUT2D eigenvalue weighted by Crippen LogP contribution is -2.42. The summed E-state index contributed by atoms with van der Waals surface area (Å²) in [5.41, 5.74) is 0. The summed E-state index contributed by atoms with van der Waals surface area (Å²) < 4.78 is 0. The Labute approximate surface area is 89.6 Å². The molecule has 0 aliphatic carbocycles. The van der Waals surface area contributed by atoms with Gasteiger partial charge in [0.25, 0.3) is 0 Å². The average molecular weight is 214 g/mol. The van der Waals surface area contributed by atoms with Gasteiger partial charge in [0.05, 0.1) is 6.42 Å². The van der Waals surface area contributed by atoms with E-state index in [0.717, 1.165) is 13.1 Å². The molecule has 1 N–H and O–H groups in total. The molecular weight excluding hydrogens is 196 g/mol. The molecule has 0 bridgehead atoms. The van der Waals surface area contributed by atoms with Gasteiger partial charge in [0.15, 0.2) is 0 Å². The van der Waals surface area contributed by atoms with E-state index in [0.29, 0.717) is 18.9 Å². The zero-order chi connectivity index (χ0) is 11.4. The van der Waals surface area contributed by atoms with E-state index in [-0.39, 0.29) is 12.3 Å². The third kappa shape index (κ3) is 3.51. The summed E-state index contributed by atoms with van der Waals surface area (Å²) in [5, 5.41) is 12.1. The van der Waals surface area contributed by atoms with Crippen LogP contribution in [0.4, 0.5) is 0 Å². The lowest BCUT2D eigenvalue weighted by molar-refractivity contribution is -0.143. The van der Waals surface area contributed by atoms with E-state index in [1.807, 2.05) is 5.01 Å². The molecule has 0 atom stereocenters. The van der Waals surface area contributed by atoms with E-state index < -0.39 is 5.97 Å². The van der Waals surface area contributed by atoms with Crippen molar-refractivity contribution in [3.63, 3.8) is 0 Å². The van der Waals surface area contributed by atoms with Crippen molar-refractivity contribution in [1.29, 1.82) is 0 Å². The second-order valence-corrected chi connectivity index (χ2v) is 4.22. The van der Waals surface area contributed by atoms with Crippen molar-refractivity contribution >= 4 is 11.9 Å². The molecule has 5 nitrogen and oxygen atoms in total. The second kappa shape index (κ2) is 5.11. The minimum atomic E-state index is -0.862. The summed E-state index contributed by atoms with van der Waals surface area (Å²) in [5.74, 6) is -0.348. The van der Waals surface area contributed by atoms with Crippen LogP contribution in [0.25, 0.3) is 0 Å². The van der Waals surface area contributed by atoms with Crippen LogP contribution in [0.3, 0.4) is 0 Å². The van der Waals surface area contributed by atoms with Gasteiger partial charge in [-0.1, -0.05) is 13.8 Å². The number of rotatable bonds is 5. The van der Waals surface area contributed by atoms with Gasteiger partial charge in [-0.2, -0.15) is 0 Å². The number of carboxylic acid groups (broad SMARTS) is 1. The number of carbonyl (C=O) groups excluding carboxylic acids is 1. The van der Waals surface area contributed by atoms with E-state index >= 15 is 0 Å². The molecule has 0 saturated carbocycles. The number of hydrogen-bond donors (Lipinski definition) is 1. The van der Waals surface area contributed by atoms with Crippen molar-refractivity contribution in [2.24, 2.45) is 5.92 Å². The Morgan fingerprint density at radius 2 is 2.20 bits per heavy atom. The van der Waals surface area contributed by atoms with Crippen LogP contribution in [0.5, 0.6) is 0 Å². The topological polar surface area (TPSA) is 60.9 Å². The average Bonchev–Trinajstić information content (AvgIpc) is 2.43. The summed E-state index contributed by atoms with van der Waals surface area (Å²) >= 11 is 0. The second-order valence-electron chi connectivity index (χ2n) is 4.22. The van der Waals surface area contributed by atoms with Gasteiger partial charge in [0, 0.05) is 26.1 Å². The third-order valence-electron chi connectivity index (χ3n) is 2.33. The summed E-state index contributed by atoms with van der Waals surface area (Å²) in [4.78, 5) is 21.9. The minimum absolute atomic E-state index is 0.0142. The van der Waals surface area contributed by atoms with E-state index in [1.54, 1.807) is 5.01 Å². The highest BCUT2D eigenvalue weighted by Crippen LogP contribution is 2.14. The SMILES string of the molecule is CC(C)CN1CCC(=O)N1CCC(=O)O. The van der Waals surface area contributed by atoms with Gasteiger partial charge in [-0.25, -0.2) is 5.01 Å². The molecule has 1 amide bonds. The van der Waals surface area contributed by atoms with Gasteiger partial charge >= 0.3 is 5.97 Å². The van der Waals surface area contributed by atoms with Crippen LogP contribution in [0.15, 0.2) is 0 Å². The van der Waals surface area contributed by atoms with Gasteiger partial charge in [-0.05, 0) is 5.92 Å². The molecule has 1 rings (SSSR count). The third-order valence-corrected chi connectivity index (χ3v) is 2.33. The highest BCUT2D eigenvalue weighted by Gasteiger charge is 2.28. The standard InChI is InChI=1S/C10H18N2O3/c1-8(2)7-11-5-3-9(13)12(11)6-4-10(14)15/h8H,3-7H2,1-2H3,(H,14,15). The molecule has 15 heavy (non-hydrogen) atoms. The quantitative estimate of drug-likeness (QED) is 0.726. The maximum Gasteiger partial charge on any atom is 0.305 e. The van der Waals surface area contributed by atoms with Crippen LogP contribution in [0, 0.1) is 5.92 Å². The highest BCUT2D eigenvalue weighted by molar-refractivity contribution is 5.78. The van der Waals surface area contributed by atoms with Gasteiger partial charge in [0.1, 0.15) is 0 Å². The molecule has 0 aromatic heterocycles. The summed E-state index contributed by atoms with van der Waals surface area (Å²) in [6.07, 6.45) is 0.521. The van der Waals surface area contributed by atoms with Crippen molar-refractivity contribution in [3.05, 3.63) is 0 Å². The normalized spacial score (nSPS) is 17.8. The smallest absolute Gasteiger partial charge is 0.305 e. The van der Waals surface area contributed by atoms with E-state index in [9.17, 15) is 9.59 Å². The Bertz CT molecular complexity index is 253. The maximum atomic E-state index is 11.5. The first-order valence-corrected chi connectivity index (χ1v) is 5.27. The largest absolute Gasteiger partial charge is 0.481 e. The molecule has 0 unspecified atom stereocenters. The van der Waals surface area contributed by atoms with Crippen LogP contribution in [0.1, 0.15) is 26.7 Å². The van der Waals surface area contributed by atoms with Crippen LogP contribution < -0.4 is 0 Å². The van der Waals surface area contributed by atoms with Crippen molar-refractivity contribution in [2.45, 2.75) is 26.7 Å². The Balaban J connectivity index is 2.48.